The highest BCUT2D eigenvalue weighted by atomic mass is 32.2. The molecule has 0 radical (unpaired) electrons. The number of aromatic nitrogens is 1. The van der Waals surface area contributed by atoms with Crippen molar-refractivity contribution in [3.05, 3.63) is 34.5 Å². The number of nitrogen functional groups attached to an aromatic ring is 1. The van der Waals surface area contributed by atoms with E-state index in [9.17, 15) is 24.0 Å². The summed E-state index contributed by atoms with van der Waals surface area (Å²) < 4.78 is 15.5. The smallest absolute Gasteiger partial charge is 0.358 e. The number of thiazole rings is 1. The van der Waals surface area contributed by atoms with E-state index in [0.717, 1.165) is 11.3 Å². The van der Waals surface area contributed by atoms with Gasteiger partial charge in [-0.25, -0.2) is 9.78 Å². The molecule has 3 aliphatic rings. The molecule has 3 aliphatic heterocycles. The Morgan fingerprint density at radius 2 is 2.05 bits per heavy atom. The number of fused-ring (bicyclic) bond motifs is 1. The topological polar surface area (TPSA) is 189 Å². The SMILES string of the molecule is CO/N=C(\C(=O)N[C@@H]1C(=O)N2C(C(=O)OCOC(=O)C(C)(C)C)=C(/C=C/C3CCC(=O)O3)CS[C@@H]12)c1csc(N)n1. The number of ether oxygens (including phenoxy) is 3. The van der Waals surface area contributed by atoms with E-state index in [1.54, 1.807) is 32.9 Å². The molecule has 4 heterocycles. The van der Waals surface area contributed by atoms with Crippen LogP contribution < -0.4 is 11.1 Å². The summed E-state index contributed by atoms with van der Waals surface area (Å²) in [5.41, 5.74) is 5.26. The summed E-state index contributed by atoms with van der Waals surface area (Å²) >= 11 is 2.42. The predicted octanol–water partition coefficient (Wildman–Crippen LogP) is 1.08. The minimum atomic E-state index is -0.992. The van der Waals surface area contributed by atoms with Gasteiger partial charge in [0.25, 0.3) is 11.8 Å². The summed E-state index contributed by atoms with van der Waals surface area (Å²) in [5, 5.41) is 7.47. The number of oxime groups is 1. The molecule has 0 spiro atoms. The molecule has 2 amide bonds. The third-order valence-corrected chi connectivity index (χ3v) is 8.04. The Morgan fingerprint density at radius 1 is 1.29 bits per heavy atom. The molecular formula is C25H29N5O9S2. The van der Waals surface area contributed by atoms with Crippen molar-refractivity contribution in [2.24, 2.45) is 10.6 Å². The lowest BCUT2D eigenvalue weighted by Crippen LogP contribution is -2.71. The first-order valence-corrected chi connectivity index (χ1v) is 14.4. The van der Waals surface area contributed by atoms with Crippen LogP contribution in [0.5, 0.6) is 0 Å². The van der Waals surface area contributed by atoms with Crippen molar-refractivity contribution in [3.63, 3.8) is 0 Å². The number of amides is 2. The van der Waals surface area contributed by atoms with Gasteiger partial charge in [-0.3, -0.25) is 24.1 Å². The molecule has 0 bridgehead atoms. The number of anilines is 1. The number of thioether (sulfide) groups is 1. The quantitative estimate of drug-likeness (QED) is 0.134. The largest absolute Gasteiger partial charge is 0.458 e. The zero-order chi connectivity index (χ0) is 29.9. The van der Waals surface area contributed by atoms with Crippen molar-refractivity contribution in [3.8, 4) is 0 Å². The molecule has 14 nitrogen and oxygen atoms in total. The molecule has 16 heteroatoms. The van der Waals surface area contributed by atoms with Crippen LogP contribution in [0.2, 0.25) is 0 Å². The Bertz CT molecular complexity index is 1350. The Hall–Kier alpha value is -3.92. The van der Waals surface area contributed by atoms with Gasteiger partial charge in [-0.1, -0.05) is 11.2 Å². The Labute approximate surface area is 243 Å². The monoisotopic (exact) mass is 607 g/mol. The maximum absolute atomic E-state index is 13.3. The van der Waals surface area contributed by atoms with Crippen LogP contribution in [-0.2, 0) is 43.0 Å². The van der Waals surface area contributed by atoms with Crippen molar-refractivity contribution in [2.75, 3.05) is 25.4 Å². The zero-order valence-electron chi connectivity index (χ0n) is 22.7. The first-order chi connectivity index (χ1) is 19.4. The number of nitrogens with one attached hydrogen (secondary N) is 1. The van der Waals surface area contributed by atoms with Crippen LogP contribution in [0, 0.1) is 5.41 Å². The number of nitrogens with zero attached hydrogens (tertiary/aromatic N) is 3. The van der Waals surface area contributed by atoms with Crippen LogP contribution in [0.4, 0.5) is 5.13 Å². The van der Waals surface area contributed by atoms with Crippen molar-refractivity contribution >= 4 is 63.7 Å². The normalized spacial score (nSPS) is 22.7. The molecule has 220 valence electrons. The van der Waals surface area contributed by atoms with E-state index >= 15 is 0 Å². The predicted molar refractivity (Wildman–Crippen MR) is 147 cm³/mol. The lowest BCUT2D eigenvalue weighted by atomic mass is 9.98. The minimum Gasteiger partial charge on any atom is -0.458 e. The van der Waals surface area contributed by atoms with E-state index in [1.165, 1.54) is 29.2 Å². The molecule has 3 atom stereocenters. The maximum atomic E-state index is 13.3. The molecule has 41 heavy (non-hydrogen) atoms. The van der Waals surface area contributed by atoms with E-state index in [0.29, 0.717) is 12.0 Å². The average molecular weight is 608 g/mol. The van der Waals surface area contributed by atoms with Crippen molar-refractivity contribution < 1.29 is 43.0 Å². The molecule has 3 N–H and O–H groups in total. The molecule has 1 aromatic heterocycles. The highest BCUT2D eigenvalue weighted by molar-refractivity contribution is 8.00. The summed E-state index contributed by atoms with van der Waals surface area (Å²) in [7, 11) is 1.26. The lowest BCUT2D eigenvalue weighted by Gasteiger charge is -2.49. The minimum absolute atomic E-state index is 0.0605. The fourth-order valence-corrected chi connectivity index (χ4v) is 5.86. The van der Waals surface area contributed by atoms with Crippen LogP contribution in [0.15, 0.2) is 34.0 Å². The number of β-lactam (4-membered cyclic amide) rings is 1. The van der Waals surface area contributed by atoms with E-state index in [-0.39, 0.29) is 40.4 Å². The van der Waals surface area contributed by atoms with Gasteiger partial charge in [-0.15, -0.1) is 23.1 Å². The Balaban J connectivity index is 1.52. The number of esters is 3. The number of cyclic esters (lactones) is 1. The average Bonchev–Trinajstić information content (AvgIpc) is 3.54. The van der Waals surface area contributed by atoms with Crippen LogP contribution in [0.1, 0.15) is 39.3 Å². The molecule has 1 unspecified atom stereocenters. The molecule has 1 aromatic rings. The van der Waals surface area contributed by atoms with Crippen LogP contribution in [0.25, 0.3) is 0 Å². The van der Waals surface area contributed by atoms with Gasteiger partial charge in [0.15, 0.2) is 10.8 Å². The summed E-state index contributed by atoms with van der Waals surface area (Å²) in [6, 6.07) is -0.992. The molecule has 4 rings (SSSR count). The van der Waals surface area contributed by atoms with Gasteiger partial charge in [0.05, 0.1) is 5.41 Å². The van der Waals surface area contributed by atoms with E-state index in [4.69, 9.17) is 24.8 Å². The highest BCUT2D eigenvalue weighted by Crippen LogP contribution is 2.41. The maximum Gasteiger partial charge on any atom is 0.358 e. The molecular weight excluding hydrogens is 578 g/mol. The van der Waals surface area contributed by atoms with Gasteiger partial charge in [-0.05, 0) is 38.8 Å². The third-order valence-electron chi connectivity index (χ3n) is 6.06. The first-order valence-electron chi connectivity index (χ1n) is 12.4. The van der Waals surface area contributed by atoms with Crippen molar-refractivity contribution in [2.45, 2.75) is 51.1 Å². The molecule has 0 saturated carbocycles. The number of hydrogen-bond acceptors (Lipinski definition) is 14. The van der Waals surface area contributed by atoms with Gasteiger partial charge in [0.2, 0.25) is 6.79 Å². The van der Waals surface area contributed by atoms with Crippen molar-refractivity contribution in [1.82, 2.24) is 15.2 Å². The van der Waals surface area contributed by atoms with Gasteiger partial charge < -0.3 is 30.1 Å². The zero-order valence-corrected chi connectivity index (χ0v) is 24.3. The van der Waals surface area contributed by atoms with Crippen LogP contribution in [-0.4, -0.2) is 82.5 Å². The summed E-state index contributed by atoms with van der Waals surface area (Å²) in [4.78, 5) is 73.1. The molecule has 2 fully saturated rings. The molecule has 0 aliphatic carbocycles. The number of nitrogens with two attached hydrogens (primary N) is 1. The summed E-state index contributed by atoms with van der Waals surface area (Å²) in [6.45, 7) is 4.31. The Kier molecular flexibility index (Phi) is 9.01. The number of rotatable bonds is 9. The van der Waals surface area contributed by atoms with Gasteiger partial charge in [0, 0.05) is 17.6 Å². The standard InChI is InChI=1S/C25H29N5O9S2/c1-25(2,3)23(35)38-11-37-22(34)18-12(5-6-13-7-8-15(31)39-13)9-40-21-17(20(33)30(18)21)28-19(32)16(29-36-4)14-10-41-24(26)27-14/h5-6,10,13,17,21H,7-9,11H2,1-4H3,(H2,26,27)(H,28,32)/b6-5+,29-16-/t13?,17-,21+/m1/s1. The summed E-state index contributed by atoms with van der Waals surface area (Å²) in [6.07, 6.45) is 3.57. The second-order valence-electron chi connectivity index (χ2n) is 10.1. The lowest BCUT2D eigenvalue weighted by molar-refractivity contribution is -0.173. The van der Waals surface area contributed by atoms with E-state index < -0.39 is 53.5 Å². The fraction of sp³-hybridized carbons (Fsp3) is 0.480. The molecule has 2 saturated heterocycles. The number of carbonyl (C=O) groups excluding carboxylic acids is 5. The number of hydrogen-bond donors (Lipinski definition) is 2. The summed E-state index contributed by atoms with van der Waals surface area (Å²) in [5.74, 6) is -2.80. The highest BCUT2D eigenvalue weighted by Gasteiger charge is 2.54. The number of allylic oxidation sites excluding steroid dienone is 1. The van der Waals surface area contributed by atoms with E-state index in [1.807, 2.05) is 0 Å². The van der Waals surface area contributed by atoms with Crippen LogP contribution >= 0.6 is 23.1 Å². The Morgan fingerprint density at radius 3 is 2.66 bits per heavy atom. The van der Waals surface area contributed by atoms with E-state index in [2.05, 4.69) is 15.5 Å². The third kappa shape index (κ3) is 6.70. The fourth-order valence-electron chi connectivity index (χ4n) is 3.99. The van der Waals surface area contributed by atoms with Crippen molar-refractivity contribution in [1.29, 1.82) is 0 Å². The van der Waals surface area contributed by atoms with Gasteiger partial charge in [-0.2, -0.15) is 0 Å². The molecule has 0 aromatic carbocycles. The first kappa shape index (κ1) is 30.0. The second-order valence-corrected chi connectivity index (χ2v) is 12.1. The van der Waals surface area contributed by atoms with Crippen LogP contribution in [0.3, 0.4) is 0 Å². The van der Waals surface area contributed by atoms with Gasteiger partial charge >= 0.3 is 17.9 Å². The second kappa shape index (κ2) is 12.3. The van der Waals surface area contributed by atoms with Gasteiger partial charge in [0.1, 0.15) is 36.0 Å². The number of carbonyl (C=O) groups is 5.